The van der Waals surface area contributed by atoms with Crippen molar-refractivity contribution >= 4 is 11.7 Å². The van der Waals surface area contributed by atoms with Crippen LogP contribution in [0.5, 0.6) is 0 Å². The van der Waals surface area contributed by atoms with Crippen LogP contribution in [0.3, 0.4) is 0 Å². The molecule has 0 radical (unpaired) electrons. The number of allylic oxidation sites excluding steroid dienone is 2. The van der Waals surface area contributed by atoms with Gasteiger partial charge >= 0.3 is 0 Å². The van der Waals surface area contributed by atoms with E-state index in [0.29, 0.717) is 40.6 Å². The molecule has 1 amide bonds. The van der Waals surface area contributed by atoms with Gasteiger partial charge in [0.05, 0.1) is 11.7 Å². The van der Waals surface area contributed by atoms with Gasteiger partial charge in [-0.05, 0) is 110 Å². The Morgan fingerprint density at radius 3 is 2.74 bits per heavy atom. The first-order valence-corrected chi connectivity index (χ1v) is 17.9. The second kappa shape index (κ2) is 10.2. The summed E-state index contributed by atoms with van der Waals surface area (Å²) in [4.78, 5) is 27.6. The van der Waals surface area contributed by atoms with Gasteiger partial charge in [-0.3, -0.25) is 14.5 Å². The molecule has 1 N–H and O–H groups in total. The molecule has 3 unspecified atom stereocenters. The molecule has 5 heteroatoms. The summed E-state index contributed by atoms with van der Waals surface area (Å²) in [5.74, 6) is 4.26. The maximum Gasteiger partial charge on any atom is 0.222 e. The Morgan fingerprint density at radius 2 is 1.95 bits per heavy atom. The van der Waals surface area contributed by atoms with E-state index in [-0.39, 0.29) is 22.8 Å². The summed E-state index contributed by atoms with van der Waals surface area (Å²) >= 11 is 0. The molecule has 5 aliphatic carbocycles. The van der Waals surface area contributed by atoms with E-state index in [4.69, 9.17) is 4.74 Å². The van der Waals surface area contributed by atoms with Crippen molar-refractivity contribution in [1.82, 2.24) is 10.2 Å². The quantitative estimate of drug-likeness (QED) is 0.371. The number of ether oxygens (including phenoxy) is 1. The van der Waals surface area contributed by atoms with E-state index >= 15 is 0 Å². The van der Waals surface area contributed by atoms with Crippen LogP contribution in [-0.4, -0.2) is 54.0 Å². The van der Waals surface area contributed by atoms with Crippen molar-refractivity contribution < 1.29 is 14.3 Å². The van der Waals surface area contributed by atoms with Crippen molar-refractivity contribution in [3.05, 3.63) is 11.6 Å². The average Bonchev–Trinajstić information content (AvgIpc) is 3.24. The Balaban J connectivity index is 1.08. The van der Waals surface area contributed by atoms with Crippen LogP contribution in [-0.2, 0) is 14.3 Å². The highest BCUT2D eigenvalue weighted by atomic mass is 16.5. The lowest BCUT2D eigenvalue weighted by Crippen LogP contribution is -2.53. The zero-order chi connectivity index (χ0) is 29.7. The van der Waals surface area contributed by atoms with Crippen molar-refractivity contribution in [3.8, 4) is 0 Å². The molecule has 42 heavy (non-hydrogen) atoms. The molecule has 2 spiro atoms. The number of carbonyl (C=O) groups is 2. The molecule has 0 aromatic heterocycles. The summed E-state index contributed by atoms with van der Waals surface area (Å²) in [7, 11) is 0. The van der Waals surface area contributed by atoms with E-state index in [1.807, 2.05) is 0 Å². The van der Waals surface area contributed by atoms with E-state index in [1.54, 1.807) is 0 Å². The van der Waals surface area contributed by atoms with Crippen LogP contribution in [0.2, 0.25) is 0 Å². The van der Waals surface area contributed by atoms with Crippen LogP contribution >= 0.6 is 0 Å². The van der Waals surface area contributed by atoms with Crippen molar-refractivity contribution in [2.45, 2.75) is 136 Å². The van der Waals surface area contributed by atoms with Gasteiger partial charge in [-0.15, -0.1) is 0 Å². The first-order chi connectivity index (χ1) is 20.0. The molecule has 7 rings (SSSR count). The molecule has 4 saturated carbocycles. The molecule has 0 aromatic carbocycles. The van der Waals surface area contributed by atoms with Crippen LogP contribution in [0.25, 0.3) is 0 Å². The normalized spacial score (nSPS) is 50.1. The smallest absolute Gasteiger partial charge is 0.222 e. The largest absolute Gasteiger partial charge is 0.370 e. The first kappa shape index (κ1) is 29.5. The Morgan fingerprint density at radius 1 is 1.14 bits per heavy atom. The lowest BCUT2D eigenvalue weighted by molar-refractivity contribution is -0.124. The van der Waals surface area contributed by atoms with Crippen LogP contribution < -0.4 is 5.32 Å². The van der Waals surface area contributed by atoms with Gasteiger partial charge < -0.3 is 10.1 Å². The molecular formula is C37H58N2O3. The maximum absolute atomic E-state index is 12.6. The summed E-state index contributed by atoms with van der Waals surface area (Å²) in [6.07, 6.45) is 16.4. The third-order valence-electron chi connectivity index (χ3n) is 14.8. The minimum Gasteiger partial charge on any atom is -0.370 e. The average molecular weight is 579 g/mol. The highest BCUT2D eigenvalue weighted by Gasteiger charge is 2.77. The number of hydrogen-bond acceptors (Lipinski definition) is 4. The maximum atomic E-state index is 12.6. The first-order valence-electron chi connectivity index (χ1n) is 17.9. The fraction of sp³-hybridized carbons (Fsp3) is 0.892. The molecule has 2 aliphatic heterocycles. The highest BCUT2D eigenvalue weighted by molar-refractivity contribution is 5.91. The topological polar surface area (TPSA) is 58.6 Å². The molecule has 6 fully saturated rings. The number of fused-ring (bicyclic) bond motifs is 5. The number of carbonyl (C=O) groups excluding carboxylic acids is 2. The van der Waals surface area contributed by atoms with Crippen LogP contribution in [0, 0.1) is 51.8 Å². The summed E-state index contributed by atoms with van der Waals surface area (Å²) < 4.78 is 7.39. The van der Waals surface area contributed by atoms with Crippen molar-refractivity contribution in [2.24, 2.45) is 51.8 Å². The Hall–Kier alpha value is -1.20. The molecule has 5 nitrogen and oxygen atoms in total. The Labute approximate surface area is 255 Å². The number of hydrogen-bond donors (Lipinski definition) is 1. The number of amides is 1. The van der Waals surface area contributed by atoms with Crippen molar-refractivity contribution in [2.75, 3.05) is 19.6 Å². The van der Waals surface area contributed by atoms with Crippen LogP contribution in [0.1, 0.15) is 119 Å². The molecule has 234 valence electrons. The summed E-state index contributed by atoms with van der Waals surface area (Å²) in [5, 5.41) is 3.26. The van der Waals surface area contributed by atoms with Crippen LogP contribution in [0.4, 0.5) is 0 Å². The highest BCUT2D eigenvalue weighted by Crippen LogP contribution is 2.83. The number of piperidine rings is 1. The molecule has 7 aliphatic rings. The number of nitrogens with zero attached hydrogens (tertiary/aromatic N) is 1. The predicted molar refractivity (Wildman–Crippen MR) is 167 cm³/mol. The standard InChI is InChI=1S/C37H58N2O3/c1-7-8-24(3)33(41)38-15-16-39-20-23(2)17-31-32(39)25(4)37(42-31)14-12-29-28-10-9-26-18-27(40)11-13-35(26,6)30(28)19-36(29)21-34(36,5)22-37/h18,23-25,28-32H,7-17,19-22H2,1-6H3,(H,38,41)/t23-,24?,25+,28-,29-,30-,31+,32-,34?,35-,36?,37-/m0/s1. The van der Waals surface area contributed by atoms with Crippen molar-refractivity contribution in [1.29, 1.82) is 0 Å². The molecule has 0 aromatic rings. The van der Waals surface area contributed by atoms with Gasteiger partial charge in [-0.25, -0.2) is 0 Å². The fourth-order valence-electron chi connectivity index (χ4n) is 12.6. The second-order valence-corrected chi connectivity index (χ2v) is 17.1. The Kier molecular flexibility index (Phi) is 7.14. The minimum absolute atomic E-state index is 0.00446. The molecular weight excluding hydrogens is 520 g/mol. The summed E-state index contributed by atoms with van der Waals surface area (Å²) in [6.45, 7) is 17.1. The molecule has 12 atom stereocenters. The van der Waals surface area contributed by atoms with Gasteiger partial charge in [-0.1, -0.05) is 53.5 Å². The number of rotatable bonds is 6. The van der Waals surface area contributed by atoms with Gasteiger partial charge in [0.25, 0.3) is 0 Å². The summed E-state index contributed by atoms with van der Waals surface area (Å²) in [5.41, 5.74) is 2.63. The van der Waals surface area contributed by atoms with Crippen LogP contribution in [0.15, 0.2) is 11.6 Å². The molecule has 2 heterocycles. The predicted octanol–water partition coefficient (Wildman–Crippen LogP) is 6.94. The Bertz CT molecular complexity index is 1150. The lowest BCUT2D eigenvalue weighted by Gasteiger charge is -2.48. The zero-order valence-corrected chi connectivity index (χ0v) is 27.5. The van der Waals surface area contributed by atoms with Gasteiger partial charge in [0.1, 0.15) is 0 Å². The molecule has 0 bridgehead atoms. The van der Waals surface area contributed by atoms with E-state index in [9.17, 15) is 9.59 Å². The SMILES string of the molecule is CCCC(C)C(=O)NCCN1C[C@@H](C)C[C@H]2O[C@]3(CC[C@H]4[C@@H]5CCC6=CC(=O)CC[C@]6(C)[C@H]5CC45CC5(C)C3)[C@H](C)[C@@H]21. The summed E-state index contributed by atoms with van der Waals surface area (Å²) in [6, 6.07) is 0.469. The second-order valence-electron chi connectivity index (χ2n) is 17.1. The van der Waals surface area contributed by atoms with Crippen molar-refractivity contribution in [3.63, 3.8) is 0 Å². The lowest BCUT2D eigenvalue weighted by atomic mass is 9.56. The monoisotopic (exact) mass is 578 g/mol. The van der Waals surface area contributed by atoms with Gasteiger partial charge in [0, 0.05) is 43.9 Å². The van der Waals surface area contributed by atoms with Gasteiger partial charge in [0.2, 0.25) is 5.91 Å². The molecule has 2 saturated heterocycles. The van der Waals surface area contributed by atoms with E-state index in [1.165, 1.54) is 50.5 Å². The van der Waals surface area contributed by atoms with E-state index in [2.05, 4.69) is 57.8 Å². The number of likely N-dealkylation sites (tertiary alicyclic amines) is 1. The van der Waals surface area contributed by atoms with E-state index in [0.717, 1.165) is 69.5 Å². The minimum atomic E-state index is -0.00446. The van der Waals surface area contributed by atoms with Gasteiger partial charge in [0.15, 0.2) is 5.78 Å². The number of ketones is 1. The number of nitrogens with one attached hydrogen (secondary N) is 1. The third-order valence-corrected chi connectivity index (χ3v) is 14.8. The fourth-order valence-corrected chi connectivity index (χ4v) is 12.6. The zero-order valence-electron chi connectivity index (χ0n) is 27.5. The third kappa shape index (κ3) is 4.28. The van der Waals surface area contributed by atoms with E-state index < -0.39 is 0 Å². The van der Waals surface area contributed by atoms with Gasteiger partial charge in [-0.2, -0.15) is 0 Å².